The summed E-state index contributed by atoms with van der Waals surface area (Å²) >= 11 is 0. The monoisotopic (exact) mass is 204 g/mol. The molecule has 0 saturated heterocycles. The van der Waals surface area contributed by atoms with E-state index in [-0.39, 0.29) is 25.4 Å². The summed E-state index contributed by atoms with van der Waals surface area (Å²) in [6, 6.07) is 0. The Morgan fingerprint density at radius 1 is 1.43 bits per heavy atom. The maximum Gasteiger partial charge on any atom is 0.332 e. The number of hydrogen-bond donors (Lipinski definition) is 4. The van der Waals surface area contributed by atoms with Crippen molar-refractivity contribution < 1.29 is 19.8 Å². The summed E-state index contributed by atoms with van der Waals surface area (Å²) < 4.78 is 0. The van der Waals surface area contributed by atoms with Gasteiger partial charge in [-0.2, -0.15) is 0 Å². The summed E-state index contributed by atoms with van der Waals surface area (Å²) in [7, 11) is 0. The third-order valence-corrected chi connectivity index (χ3v) is 1.56. The molecular formula is C8H16N2O4. The van der Waals surface area contributed by atoms with Crippen LogP contribution in [0.4, 0.5) is 0 Å². The lowest BCUT2D eigenvalue weighted by Crippen LogP contribution is -2.36. The minimum atomic E-state index is -1.41. The standard InChI is InChI=1S/C8H16N2O4/c1-2-9-5-7(12)10-4-3-6(11)8(13)14/h6,9,11H,2-5H2,1H3,(H,10,12)(H,13,14). The highest BCUT2D eigenvalue weighted by Crippen LogP contribution is 1.88. The minimum absolute atomic E-state index is 0.0210. The Bertz CT molecular complexity index is 196. The Labute approximate surface area is 82.3 Å². The van der Waals surface area contributed by atoms with Crippen LogP contribution in [0, 0.1) is 0 Å². The Hall–Kier alpha value is -1.14. The van der Waals surface area contributed by atoms with Crippen LogP contribution in [0.15, 0.2) is 0 Å². The largest absolute Gasteiger partial charge is 0.479 e. The molecule has 0 aromatic carbocycles. The Kier molecular flexibility index (Phi) is 6.69. The number of carboxylic acid groups (broad SMARTS) is 1. The molecule has 82 valence electrons. The van der Waals surface area contributed by atoms with Crippen molar-refractivity contribution in [3.05, 3.63) is 0 Å². The van der Waals surface area contributed by atoms with Crippen LogP contribution < -0.4 is 10.6 Å². The number of hydrogen-bond acceptors (Lipinski definition) is 4. The average molecular weight is 204 g/mol. The zero-order valence-corrected chi connectivity index (χ0v) is 8.12. The van der Waals surface area contributed by atoms with Crippen LogP contribution in [0.3, 0.4) is 0 Å². The molecule has 0 heterocycles. The number of nitrogens with one attached hydrogen (secondary N) is 2. The predicted octanol–water partition coefficient (Wildman–Crippen LogP) is -1.45. The van der Waals surface area contributed by atoms with Gasteiger partial charge in [-0.25, -0.2) is 4.79 Å². The van der Waals surface area contributed by atoms with Gasteiger partial charge in [0.2, 0.25) is 5.91 Å². The molecule has 0 aromatic heterocycles. The summed E-state index contributed by atoms with van der Waals surface area (Å²) in [6.45, 7) is 2.95. The van der Waals surface area contributed by atoms with Gasteiger partial charge >= 0.3 is 5.97 Å². The van der Waals surface area contributed by atoms with Crippen molar-refractivity contribution in [3.63, 3.8) is 0 Å². The molecule has 0 bridgehead atoms. The average Bonchev–Trinajstić information content (AvgIpc) is 2.14. The van der Waals surface area contributed by atoms with Crippen LogP contribution >= 0.6 is 0 Å². The zero-order chi connectivity index (χ0) is 11.0. The summed E-state index contributed by atoms with van der Waals surface area (Å²) in [4.78, 5) is 21.1. The SMILES string of the molecule is CCNCC(=O)NCCC(O)C(=O)O. The second kappa shape index (κ2) is 7.28. The maximum absolute atomic E-state index is 11.0. The fraction of sp³-hybridized carbons (Fsp3) is 0.750. The number of aliphatic hydroxyl groups is 1. The highest BCUT2D eigenvalue weighted by Gasteiger charge is 2.12. The van der Waals surface area contributed by atoms with Gasteiger partial charge in [0.15, 0.2) is 6.10 Å². The molecule has 6 nitrogen and oxygen atoms in total. The third-order valence-electron chi connectivity index (χ3n) is 1.56. The van der Waals surface area contributed by atoms with Crippen molar-refractivity contribution in [2.24, 2.45) is 0 Å². The van der Waals surface area contributed by atoms with Crippen LogP contribution in [0.5, 0.6) is 0 Å². The van der Waals surface area contributed by atoms with Gasteiger partial charge in [0.05, 0.1) is 6.54 Å². The van der Waals surface area contributed by atoms with Gasteiger partial charge in [0.1, 0.15) is 0 Å². The van der Waals surface area contributed by atoms with Gasteiger partial charge < -0.3 is 20.8 Å². The molecule has 0 spiro atoms. The van der Waals surface area contributed by atoms with Gasteiger partial charge in [-0.05, 0) is 6.54 Å². The number of aliphatic hydroxyl groups excluding tert-OH is 1. The first-order chi connectivity index (χ1) is 6.57. The first-order valence-electron chi connectivity index (χ1n) is 4.46. The van der Waals surface area contributed by atoms with E-state index in [9.17, 15) is 9.59 Å². The lowest BCUT2D eigenvalue weighted by atomic mass is 10.2. The van der Waals surface area contributed by atoms with E-state index in [1.807, 2.05) is 6.92 Å². The molecule has 1 unspecified atom stereocenters. The fourth-order valence-corrected chi connectivity index (χ4v) is 0.773. The summed E-state index contributed by atoms with van der Waals surface area (Å²) in [5.74, 6) is -1.48. The van der Waals surface area contributed by atoms with Crippen molar-refractivity contribution in [2.45, 2.75) is 19.4 Å². The molecule has 0 fully saturated rings. The number of amides is 1. The van der Waals surface area contributed by atoms with E-state index >= 15 is 0 Å². The molecule has 4 N–H and O–H groups in total. The Morgan fingerprint density at radius 3 is 2.57 bits per heavy atom. The fourth-order valence-electron chi connectivity index (χ4n) is 0.773. The molecule has 14 heavy (non-hydrogen) atoms. The topological polar surface area (TPSA) is 98.7 Å². The minimum Gasteiger partial charge on any atom is -0.479 e. The van der Waals surface area contributed by atoms with Crippen molar-refractivity contribution in [2.75, 3.05) is 19.6 Å². The molecule has 0 rings (SSSR count). The summed E-state index contributed by atoms with van der Waals surface area (Å²) in [5.41, 5.74) is 0. The first-order valence-corrected chi connectivity index (χ1v) is 4.46. The summed E-state index contributed by atoms with van der Waals surface area (Å²) in [5, 5.41) is 22.5. The quantitative estimate of drug-likeness (QED) is 0.406. The van der Waals surface area contributed by atoms with E-state index in [1.165, 1.54) is 0 Å². The van der Waals surface area contributed by atoms with Gasteiger partial charge in [-0.3, -0.25) is 4.79 Å². The van der Waals surface area contributed by atoms with E-state index in [1.54, 1.807) is 0 Å². The Balaban J connectivity index is 3.44. The number of aliphatic carboxylic acids is 1. The lowest BCUT2D eigenvalue weighted by Gasteiger charge is -2.07. The summed E-state index contributed by atoms with van der Waals surface area (Å²) in [6.07, 6.45) is -1.39. The predicted molar refractivity (Wildman–Crippen MR) is 49.8 cm³/mol. The van der Waals surface area contributed by atoms with E-state index < -0.39 is 12.1 Å². The van der Waals surface area contributed by atoms with Crippen LogP contribution in [-0.4, -0.2) is 47.8 Å². The molecule has 0 saturated carbocycles. The van der Waals surface area contributed by atoms with Crippen molar-refractivity contribution >= 4 is 11.9 Å². The number of carbonyl (C=O) groups is 2. The normalized spacial score (nSPS) is 12.1. The molecule has 6 heteroatoms. The maximum atomic E-state index is 11.0. The van der Waals surface area contributed by atoms with Crippen molar-refractivity contribution in [1.29, 1.82) is 0 Å². The molecule has 0 aromatic rings. The molecule has 1 amide bonds. The number of carboxylic acids is 1. The smallest absolute Gasteiger partial charge is 0.332 e. The van der Waals surface area contributed by atoms with Crippen LogP contribution in [0.25, 0.3) is 0 Å². The van der Waals surface area contributed by atoms with Crippen molar-refractivity contribution in [1.82, 2.24) is 10.6 Å². The highest BCUT2D eigenvalue weighted by atomic mass is 16.4. The molecule has 0 aliphatic carbocycles. The number of likely N-dealkylation sites (N-methyl/N-ethyl adjacent to an activating group) is 1. The number of carbonyl (C=O) groups excluding carboxylic acids is 1. The van der Waals surface area contributed by atoms with Gasteiger partial charge in [0, 0.05) is 13.0 Å². The van der Waals surface area contributed by atoms with Gasteiger partial charge in [0.25, 0.3) is 0 Å². The van der Waals surface area contributed by atoms with E-state index in [2.05, 4.69) is 10.6 Å². The zero-order valence-electron chi connectivity index (χ0n) is 8.12. The van der Waals surface area contributed by atoms with Gasteiger partial charge in [-0.15, -0.1) is 0 Å². The van der Waals surface area contributed by atoms with E-state index in [0.29, 0.717) is 6.54 Å². The number of rotatable bonds is 7. The van der Waals surface area contributed by atoms with Gasteiger partial charge in [-0.1, -0.05) is 6.92 Å². The van der Waals surface area contributed by atoms with E-state index in [4.69, 9.17) is 10.2 Å². The molecule has 1 atom stereocenters. The molecule has 0 aliphatic heterocycles. The lowest BCUT2D eigenvalue weighted by molar-refractivity contribution is -0.147. The van der Waals surface area contributed by atoms with Crippen LogP contribution in [0.1, 0.15) is 13.3 Å². The van der Waals surface area contributed by atoms with E-state index in [0.717, 1.165) is 0 Å². The molecular weight excluding hydrogens is 188 g/mol. The second-order valence-corrected chi connectivity index (χ2v) is 2.77. The molecule has 0 radical (unpaired) electrons. The van der Waals surface area contributed by atoms with Crippen LogP contribution in [0.2, 0.25) is 0 Å². The van der Waals surface area contributed by atoms with Crippen LogP contribution in [-0.2, 0) is 9.59 Å². The molecule has 0 aliphatic rings. The first kappa shape index (κ1) is 12.9. The Morgan fingerprint density at radius 2 is 2.07 bits per heavy atom. The van der Waals surface area contributed by atoms with Crippen molar-refractivity contribution in [3.8, 4) is 0 Å². The highest BCUT2D eigenvalue weighted by molar-refractivity contribution is 5.78. The second-order valence-electron chi connectivity index (χ2n) is 2.77. The third kappa shape index (κ3) is 6.38.